The lowest BCUT2D eigenvalue weighted by molar-refractivity contribution is 0.111. The van der Waals surface area contributed by atoms with E-state index in [0.717, 1.165) is 0 Å². The van der Waals surface area contributed by atoms with Crippen molar-refractivity contribution in [1.29, 1.82) is 0 Å². The highest BCUT2D eigenvalue weighted by atomic mass is 16.1. The number of aldehydes is 2. The van der Waals surface area contributed by atoms with Crippen molar-refractivity contribution < 1.29 is 9.59 Å². The van der Waals surface area contributed by atoms with E-state index in [1.165, 1.54) is 0 Å². The van der Waals surface area contributed by atoms with E-state index in [1.54, 1.807) is 18.2 Å². The summed E-state index contributed by atoms with van der Waals surface area (Å²) in [6, 6.07) is 4.69. The summed E-state index contributed by atoms with van der Waals surface area (Å²) in [5, 5.41) is 0. The molecule has 0 atom stereocenters. The molecule has 0 aliphatic rings. The summed E-state index contributed by atoms with van der Waals surface area (Å²) in [6.45, 7) is 0. The molecule has 0 N–H and O–H groups in total. The molecule has 10 heavy (non-hydrogen) atoms. The minimum Gasteiger partial charge on any atom is -0.296 e. The quantitative estimate of drug-likeness (QED) is 0.561. The van der Waals surface area contributed by atoms with Gasteiger partial charge in [0.2, 0.25) is 0 Å². The number of carbonyl (C=O) groups is 2. The van der Waals surface area contributed by atoms with Gasteiger partial charge in [-0.05, 0) is 12.1 Å². The Morgan fingerprint density at radius 1 is 1.10 bits per heavy atom. The largest absolute Gasteiger partial charge is 0.296 e. The molecule has 0 saturated heterocycles. The Bertz CT molecular complexity index is 234. The highest BCUT2D eigenvalue weighted by Crippen LogP contribution is 1.92. The average Bonchev–Trinajstić information content (AvgIpc) is 2.05. The highest BCUT2D eigenvalue weighted by molar-refractivity contribution is 5.76. The summed E-state index contributed by atoms with van der Waals surface area (Å²) in [5.74, 6) is 0. The monoisotopic (exact) mass is 135 g/mol. The molecule has 0 fully saturated rings. The predicted octanol–water partition coefficient (Wildman–Crippen LogP) is 0.707. The van der Waals surface area contributed by atoms with Crippen LogP contribution in [0.25, 0.3) is 0 Å². The Hall–Kier alpha value is -1.51. The Labute approximate surface area is 57.7 Å². The lowest BCUT2D eigenvalue weighted by atomic mass is 10.3. The van der Waals surface area contributed by atoms with Crippen LogP contribution in [0.2, 0.25) is 0 Å². The number of aromatic nitrogens is 1. The van der Waals surface area contributed by atoms with Crippen LogP contribution >= 0.6 is 0 Å². The molecule has 0 bridgehead atoms. The topological polar surface area (TPSA) is 47.0 Å². The SMILES string of the molecule is O=Cc1cccc(C=O)n1. The summed E-state index contributed by atoms with van der Waals surface area (Å²) in [4.78, 5) is 23.9. The van der Waals surface area contributed by atoms with Crippen molar-refractivity contribution in [1.82, 2.24) is 4.98 Å². The Balaban J connectivity index is 3.09. The predicted molar refractivity (Wildman–Crippen MR) is 35.0 cm³/mol. The van der Waals surface area contributed by atoms with Gasteiger partial charge in [0, 0.05) is 0 Å². The van der Waals surface area contributed by atoms with Gasteiger partial charge in [-0.3, -0.25) is 9.59 Å². The van der Waals surface area contributed by atoms with Crippen molar-refractivity contribution in [2.45, 2.75) is 0 Å². The normalized spacial score (nSPS) is 8.80. The molecule has 0 unspecified atom stereocenters. The van der Waals surface area contributed by atoms with Crippen molar-refractivity contribution in [3.8, 4) is 0 Å². The lowest BCUT2D eigenvalue weighted by Crippen LogP contribution is -1.90. The van der Waals surface area contributed by atoms with E-state index in [1.807, 2.05) is 0 Å². The van der Waals surface area contributed by atoms with Gasteiger partial charge in [0.15, 0.2) is 12.6 Å². The van der Waals surface area contributed by atoms with Gasteiger partial charge in [-0.2, -0.15) is 0 Å². The first kappa shape index (κ1) is 6.61. The molecule has 0 saturated carbocycles. The first-order chi connectivity index (χ1) is 4.86. The van der Waals surface area contributed by atoms with Crippen LogP contribution in [0.4, 0.5) is 0 Å². The van der Waals surface area contributed by atoms with Gasteiger partial charge < -0.3 is 0 Å². The minimum atomic E-state index is 0.282. The van der Waals surface area contributed by atoms with Crippen molar-refractivity contribution in [3.63, 3.8) is 0 Å². The molecule has 0 radical (unpaired) electrons. The van der Waals surface area contributed by atoms with Crippen LogP contribution in [0, 0.1) is 0 Å². The average molecular weight is 135 g/mol. The molecule has 0 spiro atoms. The van der Waals surface area contributed by atoms with Crippen LogP contribution in [0.3, 0.4) is 0 Å². The fourth-order valence-electron chi connectivity index (χ4n) is 0.600. The molecule has 50 valence electrons. The summed E-state index contributed by atoms with van der Waals surface area (Å²) >= 11 is 0. The maximum atomic E-state index is 10.1. The summed E-state index contributed by atoms with van der Waals surface area (Å²) in [7, 11) is 0. The number of hydrogen-bond donors (Lipinski definition) is 0. The number of rotatable bonds is 2. The zero-order chi connectivity index (χ0) is 7.40. The summed E-state index contributed by atoms with van der Waals surface area (Å²) in [6.07, 6.45) is 1.21. The van der Waals surface area contributed by atoms with Crippen LogP contribution < -0.4 is 0 Å². The fraction of sp³-hybridized carbons (Fsp3) is 0. The summed E-state index contributed by atoms with van der Waals surface area (Å²) < 4.78 is 0. The van der Waals surface area contributed by atoms with Crippen LogP contribution in [0.5, 0.6) is 0 Å². The zero-order valence-electron chi connectivity index (χ0n) is 5.15. The van der Waals surface area contributed by atoms with Crippen LogP contribution in [-0.4, -0.2) is 17.6 Å². The molecule has 0 aromatic carbocycles. The van der Waals surface area contributed by atoms with Crippen molar-refractivity contribution in [2.24, 2.45) is 0 Å². The van der Waals surface area contributed by atoms with Gasteiger partial charge in [-0.25, -0.2) is 4.98 Å². The molecule has 1 heterocycles. The van der Waals surface area contributed by atoms with Gasteiger partial charge in [-0.15, -0.1) is 0 Å². The fourth-order valence-corrected chi connectivity index (χ4v) is 0.600. The Morgan fingerprint density at radius 3 is 2.00 bits per heavy atom. The third-order valence-corrected chi connectivity index (χ3v) is 1.03. The van der Waals surface area contributed by atoms with Crippen molar-refractivity contribution in [2.75, 3.05) is 0 Å². The number of nitrogens with zero attached hydrogens (tertiary/aromatic N) is 1. The van der Waals surface area contributed by atoms with E-state index in [4.69, 9.17) is 0 Å². The standard InChI is InChI=1S/C7H5NO2/c9-4-6-2-1-3-7(5-10)8-6/h1-5H. The molecular formula is C7H5NO2. The molecule has 0 aliphatic carbocycles. The molecule has 3 nitrogen and oxygen atoms in total. The van der Waals surface area contributed by atoms with E-state index >= 15 is 0 Å². The second kappa shape index (κ2) is 2.87. The molecule has 3 heteroatoms. The maximum Gasteiger partial charge on any atom is 0.168 e. The third kappa shape index (κ3) is 1.25. The Morgan fingerprint density at radius 2 is 1.60 bits per heavy atom. The van der Waals surface area contributed by atoms with Crippen LogP contribution in [0.1, 0.15) is 21.0 Å². The van der Waals surface area contributed by atoms with Gasteiger partial charge in [-0.1, -0.05) is 6.07 Å². The molecule has 1 rings (SSSR count). The van der Waals surface area contributed by atoms with Gasteiger partial charge in [0.25, 0.3) is 0 Å². The van der Waals surface area contributed by atoms with Crippen LogP contribution in [0.15, 0.2) is 18.2 Å². The zero-order valence-corrected chi connectivity index (χ0v) is 5.15. The number of hydrogen-bond acceptors (Lipinski definition) is 3. The van der Waals surface area contributed by atoms with Crippen molar-refractivity contribution in [3.05, 3.63) is 29.6 Å². The Kier molecular flexibility index (Phi) is 1.89. The van der Waals surface area contributed by atoms with Crippen molar-refractivity contribution >= 4 is 12.6 Å². The molecule has 0 aliphatic heterocycles. The highest BCUT2D eigenvalue weighted by Gasteiger charge is 1.92. The first-order valence-electron chi connectivity index (χ1n) is 2.74. The van der Waals surface area contributed by atoms with Gasteiger partial charge >= 0.3 is 0 Å². The number of pyridine rings is 1. The third-order valence-electron chi connectivity index (χ3n) is 1.03. The van der Waals surface area contributed by atoms with Crippen LogP contribution in [-0.2, 0) is 0 Å². The second-order valence-corrected chi connectivity index (χ2v) is 1.72. The van der Waals surface area contributed by atoms with E-state index < -0.39 is 0 Å². The summed E-state index contributed by atoms with van der Waals surface area (Å²) in [5.41, 5.74) is 0.564. The smallest absolute Gasteiger partial charge is 0.168 e. The molecule has 0 amide bonds. The second-order valence-electron chi connectivity index (χ2n) is 1.72. The minimum absolute atomic E-state index is 0.282. The van der Waals surface area contributed by atoms with Gasteiger partial charge in [0.1, 0.15) is 11.4 Å². The maximum absolute atomic E-state index is 10.1. The van der Waals surface area contributed by atoms with E-state index in [9.17, 15) is 9.59 Å². The van der Waals surface area contributed by atoms with E-state index in [-0.39, 0.29) is 11.4 Å². The van der Waals surface area contributed by atoms with E-state index in [0.29, 0.717) is 12.6 Å². The molecular weight excluding hydrogens is 130 g/mol. The van der Waals surface area contributed by atoms with Gasteiger partial charge in [0.05, 0.1) is 0 Å². The molecule has 1 aromatic heterocycles. The lowest BCUT2D eigenvalue weighted by Gasteiger charge is -1.88. The first-order valence-corrected chi connectivity index (χ1v) is 2.74. The molecule has 1 aromatic rings. The van der Waals surface area contributed by atoms with E-state index in [2.05, 4.69) is 4.98 Å². The number of carbonyl (C=O) groups excluding carboxylic acids is 2.